The second kappa shape index (κ2) is 5.08. The van der Waals surface area contributed by atoms with E-state index in [1.54, 1.807) is 0 Å². The van der Waals surface area contributed by atoms with Gasteiger partial charge in [-0.2, -0.15) is 0 Å². The molecule has 1 fully saturated rings. The van der Waals surface area contributed by atoms with Gasteiger partial charge in [-0.05, 0) is 43.0 Å². The van der Waals surface area contributed by atoms with Crippen LogP contribution in [-0.2, 0) is 22.5 Å². The van der Waals surface area contributed by atoms with Gasteiger partial charge in [-0.3, -0.25) is 4.79 Å². The van der Waals surface area contributed by atoms with E-state index >= 15 is 0 Å². The molecule has 0 aliphatic carbocycles. The van der Waals surface area contributed by atoms with Crippen LogP contribution in [0.15, 0.2) is 18.2 Å². The summed E-state index contributed by atoms with van der Waals surface area (Å²) >= 11 is 0. The Balaban J connectivity index is 1.77. The number of benzene rings is 1. The molecule has 1 saturated heterocycles. The molecular formula is C14H18N2O2. The molecule has 1 amide bonds. The van der Waals surface area contributed by atoms with Gasteiger partial charge in [-0.15, -0.1) is 0 Å². The molecule has 1 aromatic carbocycles. The van der Waals surface area contributed by atoms with Gasteiger partial charge in [0.1, 0.15) is 6.10 Å². The molecule has 0 bridgehead atoms. The minimum Gasteiger partial charge on any atom is -0.368 e. The topological polar surface area (TPSA) is 50.4 Å². The van der Waals surface area contributed by atoms with Crippen LogP contribution in [0.1, 0.15) is 24.0 Å². The monoisotopic (exact) mass is 246 g/mol. The number of carbonyl (C=O) groups is 1. The van der Waals surface area contributed by atoms with Gasteiger partial charge in [0.25, 0.3) is 5.91 Å². The second-order valence-corrected chi connectivity index (χ2v) is 4.86. The Kier molecular flexibility index (Phi) is 3.30. The average molecular weight is 246 g/mol. The van der Waals surface area contributed by atoms with Crippen LogP contribution in [-0.4, -0.2) is 25.2 Å². The van der Waals surface area contributed by atoms with E-state index in [9.17, 15) is 4.79 Å². The van der Waals surface area contributed by atoms with Crippen molar-refractivity contribution in [1.82, 2.24) is 5.32 Å². The number of ether oxygens (including phenoxy) is 1. The second-order valence-electron chi connectivity index (χ2n) is 4.86. The van der Waals surface area contributed by atoms with Crippen LogP contribution in [0, 0.1) is 0 Å². The van der Waals surface area contributed by atoms with Gasteiger partial charge in [0, 0.05) is 18.8 Å². The quantitative estimate of drug-likeness (QED) is 0.830. The van der Waals surface area contributed by atoms with E-state index in [1.807, 2.05) is 12.1 Å². The van der Waals surface area contributed by atoms with E-state index in [1.165, 1.54) is 11.1 Å². The van der Waals surface area contributed by atoms with E-state index < -0.39 is 0 Å². The van der Waals surface area contributed by atoms with Gasteiger partial charge in [-0.1, -0.05) is 12.1 Å². The Morgan fingerprint density at radius 3 is 3.22 bits per heavy atom. The number of hydrogen-bond donors (Lipinski definition) is 2. The zero-order valence-electron chi connectivity index (χ0n) is 10.4. The van der Waals surface area contributed by atoms with E-state index in [2.05, 4.69) is 16.7 Å². The van der Waals surface area contributed by atoms with Crippen LogP contribution < -0.4 is 10.6 Å². The van der Waals surface area contributed by atoms with Crippen LogP contribution in [0.25, 0.3) is 0 Å². The molecule has 0 spiro atoms. The SMILES string of the molecule is O=C(Nc1cccc2c1CNCC2)C1CCCO1. The van der Waals surface area contributed by atoms with Crippen molar-refractivity contribution >= 4 is 11.6 Å². The normalized spacial score (nSPS) is 22.6. The minimum absolute atomic E-state index is 0.00789. The van der Waals surface area contributed by atoms with E-state index in [0.717, 1.165) is 38.0 Å². The maximum absolute atomic E-state index is 12.0. The lowest BCUT2D eigenvalue weighted by atomic mass is 9.99. The van der Waals surface area contributed by atoms with Crippen molar-refractivity contribution in [3.63, 3.8) is 0 Å². The van der Waals surface area contributed by atoms with Crippen LogP contribution in [0.4, 0.5) is 5.69 Å². The zero-order valence-corrected chi connectivity index (χ0v) is 10.4. The maximum Gasteiger partial charge on any atom is 0.253 e. The summed E-state index contributed by atoms with van der Waals surface area (Å²) in [4.78, 5) is 12.0. The van der Waals surface area contributed by atoms with E-state index in [4.69, 9.17) is 4.74 Å². The lowest BCUT2D eigenvalue weighted by Gasteiger charge is -2.21. The van der Waals surface area contributed by atoms with Gasteiger partial charge in [0.05, 0.1) is 0 Å². The Labute approximate surface area is 107 Å². The van der Waals surface area contributed by atoms with Crippen molar-refractivity contribution in [1.29, 1.82) is 0 Å². The fraction of sp³-hybridized carbons (Fsp3) is 0.500. The molecule has 0 aromatic heterocycles. The summed E-state index contributed by atoms with van der Waals surface area (Å²) in [6.45, 7) is 2.54. The van der Waals surface area contributed by atoms with Gasteiger partial charge in [-0.25, -0.2) is 0 Å². The van der Waals surface area contributed by atoms with Gasteiger partial charge in [0.15, 0.2) is 0 Å². The highest BCUT2D eigenvalue weighted by Gasteiger charge is 2.24. The fourth-order valence-electron chi connectivity index (χ4n) is 2.63. The highest BCUT2D eigenvalue weighted by atomic mass is 16.5. The zero-order chi connectivity index (χ0) is 12.4. The summed E-state index contributed by atoms with van der Waals surface area (Å²) in [5.41, 5.74) is 3.48. The van der Waals surface area contributed by atoms with E-state index in [-0.39, 0.29) is 12.0 Å². The molecule has 3 rings (SSSR count). The standard InChI is InChI=1S/C14H18N2O2/c17-14(13-5-2-8-18-13)16-12-4-1-3-10-6-7-15-9-11(10)12/h1,3-4,13,15H,2,5-9H2,(H,16,17). The molecule has 18 heavy (non-hydrogen) atoms. The highest BCUT2D eigenvalue weighted by Crippen LogP contribution is 2.24. The summed E-state index contributed by atoms with van der Waals surface area (Å²) in [6, 6.07) is 6.12. The first-order chi connectivity index (χ1) is 8.84. The first-order valence-corrected chi connectivity index (χ1v) is 6.58. The fourth-order valence-corrected chi connectivity index (χ4v) is 2.63. The molecule has 2 aliphatic rings. The van der Waals surface area contributed by atoms with Gasteiger partial charge < -0.3 is 15.4 Å². The molecule has 1 aromatic rings. The largest absolute Gasteiger partial charge is 0.368 e. The number of carbonyl (C=O) groups excluding carboxylic acids is 1. The Morgan fingerprint density at radius 1 is 1.44 bits per heavy atom. The first kappa shape index (κ1) is 11.7. The number of anilines is 1. The molecule has 1 unspecified atom stereocenters. The molecule has 96 valence electrons. The smallest absolute Gasteiger partial charge is 0.253 e. The summed E-state index contributed by atoms with van der Waals surface area (Å²) in [6.07, 6.45) is 2.57. The highest BCUT2D eigenvalue weighted by molar-refractivity contribution is 5.95. The van der Waals surface area contributed by atoms with Crippen LogP contribution in [0.3, 0.4) is 0 Å². The average Bonchev–Trinajstić information content (AvgIpc) is 2.93. The molecule has 2 aliphatic heterocycles. The van der Waals surface area contributed by atoms with Crippen molar-refractivity contribution < 1.29 is 9.53 Å². The lowest BCUT2D eigenvalue weighted by molar-refractivity contribution is -0.124. The molecule has 0 saturated carbocycles. The molecular weight excluding hydrogens is 228 g/mol. The summed E-state index contributed by atoms with van der Waals surface area (Å²) in [5.74, 6) is -0.00789. The molecule has 1 atom stereocenters. The first-order valence-electron chi connectivity index (χ1n) is 6.58. The van der Waals surface area contributed by atoms with Crippen LogP contribution in [0.2, 0.25) is 0 Å². The number of hydrogen-bond acceptors (Lipinski definition) is 3. The maximum atomic E-state index is 12.0. The third kappa shape index (κ3) is 2.26. The summed E-state index contributed by atoms with van der Waals surface area (Å²) < 4.78 is 5.40. The number of amides is 1. The predicted molar refractivity (Wildman–Crippen MR) is 69.5 cm³/mol. The Morgan fingerprint density at radius 2 is 2.39 bits per heavy atom. The van der Waals surface area contributed by atoms with Crippen molar-refractivity contribution in [2.75, 3.05) is 18.5 Å². The van der Waals surface area contributed by atoms with Gasteiger partial charge >= 0.3 is 0 Å². The van der Waals surface area contributed by atoms with Crippen molar-refractivity contribution in [2.45, 2.75) is 31.9 Å². The summed E-state index contributed by atoms with van der Waals surface area (Å²) in [5, 5.41) is 6.35. The number of rotatable bonds is 2. The molecule has 2 N–H and O–H groups in total. The van der Waals surface area contributed by atoms with Crippen LogP contribution >= 0.6 is 0 Å². The molecule has 4 nitrogen and oxygen atoms in total. The van der Waals surface area contributed by atoms with Crippen molar-refractivity contribution in [3.8, 4) is 0 Å². The lowest BCUT2D eigenvalue weighted by Crippen LogP contribution is -2.29. The Bertz CT molecular complexity index is 453. The number of fused-ring (bicyclic) bond motifs is 1. The van der Waals surface area contributed by atoms with Gasteiger partial charge in [0.2, 0.25) is 0 Å². The van der Waals surface area contributed by atoms with E-state index in [0.29, 0.717) is 6.61 Å². The molecule has 2 heterocycles. The minimum atomic E-state index is -0.266. The summed E-state index contributed by atoms with van der Waals surface area (Å²) in [7, 11) is 0. The van der Waals surface area contributed by atoms with Crippen molar-refractivity contribution in [3.05, 3.63) is 29.3 Å². The molecule has 0 radical (unpaired) electrons. The Hall–Kier alpha value is -1.39. The van der Waals surface area contributed by atoms with Crippen molar-refractivity contribution in [2.24, 2.45) is 0 Å². The van der Waals surface area contributed by atoms with Crippen LogP contribution in [0.5, 0.6) is 0 Å². The molecule has 4 heteroatoms. The third-order valence-electron chi connectivity index (χ3n) is 3.63. The number of nitrogens with one attached hydrogen (secondary N) is 2. The predicted octanol–water partition coefficient (Wildman–Crippen LogP) is 1.45. The third-order valence-corrected chi connectivity index (χ3v) is 3.63.